The van der Waals surface area contributed by atoms with Crippen molar-refractivity contribution in [2.75, 3.05) is 0 Å². The van der Waals surface area contributed by atoms with Gasteiger partial charge in [-0.15, -0.1) is 0 Å². The van der Waals surface area contributed by atoms with Gasteiger partial charge in [-0.2, -0.15) is 0 Å². The second-order valence-corrected chi connectivity index (χ2v) is 19.6. The predicted molar refractivity (Wildman–Crippen MR) is 276 cm³/mol. The fourth-order valence-electron chi connectivity index (χ4n) is 12.8. The molecule has 0 radical (unpaired) electrons. The molecule has 0 amide bonds. The number of benzene rings is 7. The van der Waals surface area contributed by atoms with Crippen LogP contribution in [0.5, 0.6) is 0 Å². The standard InChI is InChI=1S/C62H46N8/c1-5-13-41(14-6-1)56-65-57(42-15-7-2-8-16-42)67-60(66-56)45-23-21-40(22-24-45)46-25-27-50-51-28-26-47(37-53(51)62(52(50)36-46)48-32-38-31-39(34-48)35-49(62)33-38)55-63-30-29-54(64-55)61-69-58(43-17-9-3-10-18-43)68-59(70-61)44-19-11-4-12-20-44/h1-30,36-39,48-49H,31-35H2. The summed E-state index contributed by atoms with van der Waals surface area (Å²) in [5.41, 5.74) is 14.4. The third kappa shape index (κ3) is 6.80. The van der Waals surface area contributed by atoms with Gasteiger partial charge in [0.2, 0.25) is 0 Å². The monoisotopic (exact) mass is 902 g/mol. The molecule has 4 fully saturated rings. The van der Waals surface area contributed by atoms with E-state index in [0.717, 1.165) is 45.2 Å². The molecule has 0 saturated heterocycles. The maximum Gasteiger partial charge on any atom is 0.182 e. The summed E-state index contributed by atoms with van der Waals surface area (Å²) in [4.78, 5) is 40.0. The number of fused-ring (bicyclic) bond motifs is 3. The molecule has 10 aromatic rings. The molecule has 8 nitrogen and oxygen atoms in total. The lowest BCUT2D eigenvalue weighted by Gasteiger charge is -2.61. The van der Waals surface area contributed by atoms with Crippen LogP contribution in [0, 0.1) is 23.7 Å². The molecular weight excluding hydrogens is 857 g/mol. The average molecular weight is 903 g/mol. The third-order valence-corrected chi connectivity index (χ3v) is 15.7. The SMILES string of the molecule is c1ccc(-c2nc(-c3ccccc3)nc(-c3ccc(-c4ccc5c(c4)C4(c6cc(-c7nccc(-c8nc(-c9ccccc9)nc(-c9ccccc9)n8)n7)ccc6-5)C5CC6CC(C5)CC4C6)cc3)n2)cc1. The molecule has 4 bridgehead atoms. The number of rotatable bonds is 8. The zero-order chi connectivity index (χ0) is 46.2. The van der Waals surface area contributed by atoms with Gasteiger partial charge in [0.15, 0.2) is 40.8 Å². The zero-order valence-corrected chi connectivity index (χ0v) is 38.4. The first-order valence-corrected chi connectivity index (χ1v) is 24.6. The van der Waals surface area contributed by atoms with Crippen LogP contribution >= 0.6 is 0 Å². The van der Waals surface area contributed by atoms with Crippen LogP contribution in [0.25, 0.3) is 102 Å². The molecular formula is C62H46N8. The van der Waals surface area contributed by atoms with Gasteiger partial charge in [0, 0.05) is 45.0 Å². The molecule has 8 heteroatoms. The van der Waals surface area contributed by atoms with Crippen LogP contribution in [0.15, 0.2) is 194 Å². The molecule has 1 spiro atoms. The van der Waals surface area contributed by atoms with E-state index in [2.05, 4.69) is 60.7 Å². The molecule has 7 aromatic carbocycles. The van der Waals surface area contributed by atoms with Gasteiger partial charge in [0.25, 0.3) is 0 Å². The Bertz CT molecular complexity index is 3460. The Hall–Kier alpha value is -8.36. The molecule has 334 valence electrons. The van der Waals surface area contributed by atoms with Crippen molar-refractivity contribution in [3.63, 3.8) is 0 Å². The first-order valence-electron chi connectivity index (χ1n) is 24.6. The lowest BCUT2D eigenvalue weighted by atomic mass is 9.43. The largest absolute Gasteiger partial charge is 0.237 e. The van der Waals surface area contributed by atoms with Gasteiger partial charge < -0.3 is 0 Å². The fraction of sp³-hybridized carbons (Fsp3) is 0.161. The molecule has 3 aromatic heterocycles. The van der Waals surface area contributed by atoms with Crippen molar-refractivity contribution in [3.8, 4) is 102 Å². The average Bonchev–Trinajstić information content (AvgIpc) is 3.73. The van der Waals surface area contributed by atoms with E-state index in [1.165, 1.54) is 65.5 Å². The maximum absolute atomic E-state index is 5.23. The molecule has 0 aliphatic heterocycles. The summed E-state index contributed by atoms with van der Waals surface area (Å²) in [5, 5.41) is 0. The normalized spacial score (nSPS) is 20.3. The fourth-order valence-corrected chi connectivity index (χ4v) is 12.8. The van der Waals surface area contributed by atoms with E-state index in [0.29, 0.717) is 58.3 Å². The van der Waals surface area contributed by atoms with Crippen LogP contribution in [0.3, 0.4) is 0 Å². The molecule has 3 heterocycles. The van der Waals surface area contributed by atoms with E-state index in [-0.39, 0.29) is 5.41 Å². The highest BCUT2D eigenvalue weighted by atomic mass is 15.1. The Morgan fingerprint density at radius 2 is 0.671 bits per heavy atom. The topological polar surface area (TPSA) is 103 Å². The Morgan fingerprint density at radius 3 is 1.13 bits per heavy atom. The van der Waals surface area contributed by atoms with Crippen LogP contribution in [0.2, 0.25) is 0 Å². The summed E-state index contributed by atoms with van der Waals surface area (Å²) < 4.78 is 0. The lowest BCUT2D eigenvalue weighted by Crippen LogP contribution is -2.55. The van der Waals surface area contributed by atoms with Gasteiger partial charge in [-0.05, 0) is 107 Å². The Kier molecular flexibility index (Phi) is 9.54. The summed E-state index contributed by atoms with van der Waals surface area (Å²) in [5.74, 6) is 7.20. The van der Waals surface area contributed by atoms with Crippen molar-refractivity contribution in [2.24, 2.45) is 23.7 Å². The van der Waals surface area contributed by atoms with Gasteiger partial charge >= 0.3 is 0 Å². The van der Waals surface area contributed by atoms with Crippen LogP contribution < -0.4 is 0 Å². The van der Waals surface area contributed by atoms with Gasteiger partial charge in [-0.3, -0.25) is 0 Å². The van der Waals surface area contributed by atoms with Crippen molar-refractivity contribution in [3.05, 3.63) is 205 Å². The van der Waals surface area contributed by atoms with E-state index in [1.807, 2.05) is 134 Å². The molecule has 5 aliphatic rings. The molecule has 15 rings (SSSR count). The van der Waals surface area contributed by atoms with E-state index < -0.39 is 0 Å². The quantitative estimate of drug-likeness (QED) is 0.149. The second kappa shape index (κ2) is 16.4. The molecule has 4 saturated carbocycles. The van der Waals surface area contributed by atoms with Gasteiger partial charge in [0.05, 0.1) is 0 Å². The summed E-state index contributed by atoms with van der Waals surface area (Å²) in [7, 11) is 0. The minimum absolute atomic E-state index is 0.0718. The first kappa shape index (κ1) is 40.7. The van der Waals surface area contributed by atoms with E-state index >= 15 is 0 Å². The van der Waals surface area contributed by atoms with Crippen molar-refractivity contribution in [1.29, 1.82) is 0 Å². The molecule has 70 heavy (non-hydrogen) atoms. The van der Waals surface area contributed by atoms with Crippen LogP contribution in [-0.4, -0.2) is 39.9 Å². The highest BCUT2D eigenvalue weighted by Crippen LogP contribution is 2.69. The first-order chi connectivity index (χ1) is 34.6. The summed E-state index contributed by atoms with van der Waals surface area (Å²) in [6.07, 6.45) is 8.39. The molecule has 0 atom stereocenters. The maximum atomic E-state index is 5.23. The minimum Gasteiger partial charge on any atom is -0.237 e. The molecule has 0 unspecified atom stereocenters. The zero-order valence-electron chi connectivity index (χ0n) is 38.4. The van der Waals surface area contributed by atoms with Crippen molar-refractivity contribution >= 4 is 0 Å². The van der Waals surface area contributed by atoms with E-state index in [4.69, 9.17) is 39.9 Å². The number of hydrogen-bond donors (Lipinski definition) is 0. The van der Waals surface area contributed by atoms with Gasteiger partial charge in [-0.25, -0.2) is 39.9 Å². The number of hydrogen-bond acceptors (Lipinski definition) is 8. The molecule has 5 aliphatic carbocycles. The third-order valence-electron chi connectivity index (χ3n) is 15.7. The predicted octanol–water partition coefficient (Wildman–Crippen LogP) is 13.9. The van der Waals surface area contributed by atoms with Gasteiger partial charge in [-0.1, -0.05) is 170 Å². The van der Waals surface area contributed by atoms with Crippen LogP contribution in [-0.2, 0) is 5.41 Å². The molecule has 0 N–H and O–H groups in total. The highest BCUT2D eigenvalue weighted by Gasteiger charge is 2.61. The Labute approximate surface area is 406 Å². The Balaban J connectivity index is 0.842. The summed E-state index contributed by atoms with van der Waals surface area (Å²) in [6.45, 7) is 0. The van der Waals surface area contributed by atoms with Crippen LogP contribution in [0.1, 0.15) is 43.2 Å². The van der Waals surface area contributed by atoms with Crippen molar-refractivity contribution in [1.82, 2.24) is 39.9 Å². The van der Waals surface area contributed by atoms with Crippen LogP contribution in [0.4, 0.5) is 0 Å². The van der Waals surface area contributed by atoms with Crippen molar-refractivity contribution in [2.45, 2.75) is 37.5 Å². The number of aromatic nitrogens is 8. The smallest absolute Gasteiger partial charge is 0.182 e. The second-order valence-electron chi connectivity index (χ2n) is 19.6. The summed E-state index contributed by atoms with van der Waals surface area (Å²) in [6, 6.07) is 65.4. The Morgan fingerprint density at radius 1 is 0.300 bits per heavy atom. The van der Waals surface area contributed by atoms with Crippen molar-refractivity contribution < 1.29 is 0 Å². The summed E-state index contributed by atoms with van der Waals surface area (Å²) >= 11 is 0. The van der Waals surface area contributed by atoms with E-state index in [1.54, 1.807) is 0 Å². The van der Waals surface area contributed by atoms with Gasteiger partial charge in [0.1, 0.15) is 5.69 Å². The number of nitrogens with zero attached hydrogens (tertiary/aromatic N) is 8. The minimum atomic E-state index is -0.0718. The highest BCUT2D eigenvalue weighted by molar-refractivity contribution is 5.87. The lowest BCUT2D eigenvalue weighted by molar-refractivity contribution is -0.0399. The van der Waals surface area contributed by atoms with E-state index in [9.17, 15) is 0 Å².